The minimum atomic E-state index is -4.58. The maximum atomic E-state index is 13.3. The van der Waals surface area contributed by atoms with Gasteiger partial charge in [-0.05, 0) is 23.3 Å². The fourth-order valence-corrected chi connectivity index (χ4v) is 4.25. The molecule has 0 bridgehead atoms. The van der Waals surface area contributed by atoms with E-state index in [0.717, 1.165) is 11.1 Å². The van der Waals surface area contributed by atoms with E-state index < -0.39 is 25.0 Å². The lowest BCUT2D eigenvalue weighted by atomic mass is 9.86. The molecule has 3 rings (SSSR count). The summed E-state index contributed by atoms with van der Waals surface area (Å²) in [7, 11) is -4.58. The highest BCUT2D eigenvalue weighted by molar-refractivity contribution is 7.60. The Bertz CT molecular complexity index is 1110. The first-order valence-electron chi connectivity index (χ1n) is 10.9. The van der Waals surface area contributed by atoms with Crippen LogP contribution in [0.2, 0.25) is 0 Å². The van der Waals surface area contributed by atoms with Gasteiger partial charge in [0.05, 0.1) is 30.8 Å². The Kier molecular flexibility index (Phi) is 8.78. The Balaban J connectivity index is 1.78. The van der Waals surface area contributed by atoms with Crippen LogP contribution in [0.25, 0.3) is 0 Å². The molecule has 34 heavy (non-hydrogen) atoms. The lowest BCUT2D eigenvalue weighted by molar-refractivity contribution is -0.141. The summed E-state index contributed by atoms with van der Waals surface area (Å²) in [6.45, 7) is 4.54. The predicted molar refractivity (Wildman–Crippen MR) is 132 cm³/mol. The van der Waals surface area contributed by atoms with Gasteiger partial charge in [0.15, 0.2) is 0 Å². The summed E-state index contributed by atoms with van der Waals surface area (Å²) >= 11 is 0. The van der Waals surface area contributed by atoms with Gasteiger partial charge in [0.2, 0.25) is 0 Å². The predicted octanol–water partition coefficient (Wildman–Crippen LogP) is 4.26. The SMILES string of the molecule is CC(C)(COCc1ccccc1)C(OCc1ccccc1)C(=O)Nc1ccccc1P(=O)(O)O. The lowest BCUT2D eigenvalue weighted by Crippen LogP contribution is -2.45. The van der Waals surface area contributed by atoms with Crippen LogP contribution in [0.5, 0.6) is 0 Å². The lowest BCUT2D eigenvalue weighted by Gasteiger charge is -2.33. The second-order valence-electron chi connectivity index (χ2n) is 8.69. The van der Waals surface area contributed by atoms with E-state index in [1.54, 1.807) is 6.07 Å². The molecular weight excluding hydrogens is 453 g/mol. The molecule has 1 amide bonds. The number of hydrogen-bond donors (Lipinski definition) is 3. The van der Waals surface area contributed by atoms with E-state index in [1.807, 2.05) is 74.5 Å². The van der Waals surface area contributed by atoms with Gasteiger partial charge in [-0.25, -0.2) is 0 Å². The van der Waals surface area contributed by atoms with Crippen LogP contribution in [0.3, 0.4) is 0 Å². The summed E-state index contributed by atoms with van der Waals surface area (Å²) in [5, 5.41) is 2.41. The molecule has 0 heterocycles. The Morgan fingerprint density at radius 2 is 1.41 bits per heavy atom. The third-order valence-electron chi connectivity index (χ3n) is 5.27. The van der Waals surface area contributed by atoms with Crippen LogP contribution >= 0.6 is 7.60 Å². The van der Waals surface area contributed by atoms with Gasteiger partial charge in [-0.1, -0.05) is 86.6 Å². The maximum absolute atomic E-state index is 13.3. The van der Waals surface area contributed by atoms with Crippen molar-refractivity contribution in [3.63, 3.8) is 0 Å². The first kappa shape index (κ1) is 25.8. The van der Waals surface area contributed by atoms with Crippen LogP contribution < -0.4 is 10.6 Å². The zero-order valence-corrected chi connectivity index (χ0v) is 20.2. The number of para-hydroxylation sites is 1. The zero-order chi connectivity index (χ0) is 24.6. The van der Waals surface area contributed by atoms with E-state index in [1.165, 1.54) is 18.2 Å². The number of carbonyl (C=O) groups excluding carboxylic acids is 1. The van der Waals surface area contributed by atoms with Gasteiger partial charge >= 0.3 is 7.60 Å². The highest BCUT2D eigenvalue weighted by Gasteiger charge is 2.37. The van der Waals surface area contributed by atoms with Crippen molar-refractivity contribution in [2.75, 3.05) is 11.9 Å². The first-order valence-corrected chi connectivity index (χ1v) is 12.5. The van der Waals surface area contributed by atoms with Gasteiger partial charge < -0.3 is 24.6 Å². The molecule has 0 fully saturated rings. The quantitative estimate of drug-likeness (QED) is 0.352. The molecule has 0 spiro atoms. The van der Waals surface area contributed by atoms with Gasteiger partial charge in [0.25, 0.3) is 5.91 Å². The minimum absolute atomic E-state index is 0.0511. The van der Waals surface area contributed by atoms with Gasteiger partial charge in [0.1, 0.15) is 6.10 Å². The molecule has 7 nitrogen and oxygen atoms in total. The molecule has 8 heteroatoms. The van der Waals surface area contributed by atoms with Gasteiger partial charge in [-0.3, -0.25) is 9.36 Å². The van der Waals surface area contributed by atoms with Crippen molar-refractivity contribution in [1.29, 1.82) is 0 Å². The van der Waals surface area contributed by atoms with E-state index in [4.69, 9.17) is 9.47 Å². The number of anilines is 1. The normalized spacial score (nSPS) is 12.8. The van der Waals surface area contributed by atoms with E-state index in [0.29, 0.717) is 6.61 Å². The summed E-state index contributed by atoms with van der Waals surface area (Å²) in [5.41, 5.74) is 1.22. The summed E-state index contributed by atoms with van der Waals surface area (Å²) in [6.07, 6.45) is -0.951. The van der Waals surface area contributed by atoms with Crippen LogP contribution in [0, 0.1) is 5.41 Å². The van der Waals surface area contributed by atoms with Crippen LogP contribution in [0.15, 0.2) is 84.9 Å². The molecule has 0 saturated heterocycles. The molecule has 1 atom stereocenters. The molecule has 0 aliphatic heterocycles. The van der Waals surface area contributed by atoms with Crippen molar-refractivity contribution in [3.8, 4) is 0 Å². The van der Waals surface area contributed by atoms with E-state index in [9.17, 15) is 19.1 Å². The molecule has 3 N–H and O–H groups in total. The van der Waals surface area contributed by atoms with Crippen LogP contribution in [-0.4, -0.2) is 28.4 Å². The molecule has 3 aromatic carbocycles. The maximum Gasteiger partial charge on any atom is 0.358 e. The van der Waals surface area contributed by atoms with Gasteiger partial charge in [-0.2, -0.15) is 0 Å². The Morgan fingerprint density at radius 1 is 0.882 bits per heavy atom. The molecule has 0 aliphatic carbocycles. The van der Waals surface area contributed by atoms with E-state index in [-0.39, 0.29) is 24.2 Å². The third kappa shape index (κ3) is 7.35. The van der Waals surface area contributed by atoms with Crippen LogP contribution in [0.4, 0.5) is 5.69 Å². The average molecular weight is 484 g/mol. The molecule has 3 aromatic rings. The van der Waals surface area contributed by atoms with Crippen molar-refractivity contribution in [3.05, 3.63) is 96.1 Å². The fourth-order valence-electron chi connectivity index (χ4n) is 3.52. The summed E-state index contributed by atoms with van der Waals surface area (Å²) in [5.74, 6) is -0.509. The number of carbonyl (C=O) groups is 1. The topological polar surface area (TPSA) is 105 Å². The molecule has 180 valence electrons. The summed E-state index contributed by atoms with van der Waals surface area (Å²) in [4.78, 5) is 32.7. The monoisotopic (exact) mass is 483 g/mol. The van der Waals surface area contributed by atoms with Crippen molar-refractivity contribution in [2.45, 2.75) is 33.2 Å². The largest absolute Gasteiger partial charge is 0.376 e. The number of hydrogen-bond acceptors (Lipinski definition) is 4. The zero-order valence-electron chi connectivity index (χ0n) is 19.3. The fraction of sp³-hybridized carbons (Fsp3) is 0.269. The number of rotatable bonds is 11. The average Bonchev–Trinajstić information content (AvgIpc) is 2.80. The number of nitrogens with one attached hydrogen (secondary N) is 1. The Labute approximate surface area is 199 Å². The molecule has 0 radical (unpaired) electrons. The van der Waals surface area contributed by atoms with Crippen molar-refractivity contribution in [1.82, 2.24) is 0 Å². The first-order chi connectivity index (χ1) is 16.2. The molecular formula is C26H30NO6P. The Morgan fingerprint density at radius 3 is 2.00 bits per heavy atom. The third-order valence-corrected chi connectivity index (χ3v) is 6.29. The highest BCUT2D eigenvalue weighted by atomic mass is 31.2. The summed E-state index contributed by atoms with van der Waals surface area (Å²) < 4.78 is 23.9. The van der Waals surface area contributed by atoms with Gasteiger partial charge in [0, 0.05) is 5.41 Å². The van der Waals surface area contributed by atoms with Crippen LogP contribution in [-0.2, 0) is 32.0 Å². The second-order valence-corrected chi connectivity index (χ2v) is 10.3. The smallest absolute Gasteiger partial charge is 0.358 e. The molecule has 1 unspecified atom stereocenters. The van der Waals surface area contributed by atoms with E-state index >= 15 is 0 Å². The standard InChI is InChI=1S/C26H30NO6P/c1-26(2,19-32-17-20-11-5-3-6-12-20)24(33-18-21-13-7-4-8-14-21)25(28)27-22-15-9-10-16-23(22)34(29,30)31/h3-16,24H,17-19H2,1-2H3,(H,27,28)(H2,29,30,31). The van der Waals surface area contributed by atoms with Crippen molar-refractivity contribution in [2.24, 2.45) is 5.41 Å². The molecule has 0 aromatic heterocycles. The van der Waals surface area contributed by atoms with Crippen molar-refractivity contribution < 1.29 is 28.6 Å². The van der Waals surface area contributed by atoms with Crippen molar-refractivity contribution >= 4 is 24.5 Å². The highest BCUT2D eigenvalue weighted by Crippen LogP contribution is 2.36. The summed E-state index contributed by atoms with van der Waals surface area (Å²) in [6, 6.07) is 25.0. The minimum Gasteiger partial charge on any atom is -0.376 e. The second kappa shape index (κ2) is 11.6. The Hall–Kier alpha value is -2.80. The number of ether oxygens (including phenoxy) is 2. The van der Waals surface area contributed by atoms with E-state index in [2.05, 4.69) is 5.32 Å². The number of benzene rings is 3. The van der Waals surface area contributed by atoms with Gasteiger partial charge in [-0.15, -0.1) is 0 Å². The molecule has 0 aliphatic rings. The van der Waals surface area contributed by atoms with Crippen LogP contribution in [0.1, 0.15) is 25.0 Å². The molecule has 0 saturated carbocycles. The number of amides is 1.